The number of para-hydroxylation sites is 1. The second kappa shape index (κ2) is 7.99. The van der Waals surface area contributed by atoms with Gasteiger partial charge in [-0.3, -0.25) is 13.9 Å². The number of nitrogens with one attached hydrogen (secondary N) is 2. The second-order valence-corrected chi connectivity index (χ2v) is 9.80. The topological polar surface area (TPSA) is 119 Å². The summed E-state index contributed by atoms with van der Waals surface area (Å²) in [4.78, 5) is 13.7. The smallest absolute Gasteiger partial charge is 0.284 e. The summed E-state index contributed by atoms with van der Waals surface area (Å²) < 4.78 is 27.0. The normalized spacial score (nSPS) is 15.5. The number of aromatic nitrogens is 1. The molecule has 0 saturated carbocycles. The average Bonchev–Trinajstić information content (AvgIpc) is 3.27. The van der Waals surface area contributed by atoms with Crippen molar-refractivity contribution in [1.29, 1.82) is 0 Å². The van der Waals surface area contributed by atoms with Gasteiger partial charge in [0.25, 0.3) is 5.56 Å². The molecule has 32 heavy (non-hydrogen) atoms. The Balaban J connectivity index is 1.57. The number of nitrogens with zero attached hydrogens (tertiary/aromatic N) is 2. The highest BCUT2D eigenvalue weighted by Gasteiger charge is 2.30. The van der Waals surface area contributed by atoms with Crippen molar-refractivity contribution in [1.82, 2.24) is 4.68 Å². The number of hydrogen-bond acceptors (Lipinski definition) is 8. The lowest BCUT2D eigenvalue weighted by atomic mass is 10.1. The minimum atomic E-state index is -3.53. The van der Waals surface area contributed by atoms with Crippen LogP contribution in [0.2, 0.25) is 0 Å². The summed E-state index contributed by atoms with van der Waals surface area (Å²) in [6.45, 7) is 0.483. The quantitative estimate of drug-likeness (QED) is 0.295. The molecule has 8 nitrogen and oxygen atoms in total. The van der Waals surface area contributed by atoms with E-state index in [9.17, 15) is 19.0 Å². The van der Waals surface area contributed by atoms with Gasteiger partial charge in [0.1, 0.15) is 10.5 Å². The Kier molecular flexibility index (Phi) is 5.14. The van der Waals surface area contributed by atoms with E-state index >= 15 is 0 Å². The summed E-state index contributed by atoms with van der Waals surface area (Å²) in [6.07, 6.45) is 0.697. The number of pyridine rings is 1. The van der Waals surface area contributed by atoms with Crippen LogP contribution in [0.15, 0.2) is 80.1 Å². The Labute approximate surface area is 189 Å². The van der Waals surface area contributed by atoms with Crippen molar-refractivity contribution in [3.63, 3.8) is 0 Å². The third-order valence-corrected chi connectivity index (χ3v) is 7.46. The van der Waals surface area contributed by atoms with E-state index in [1.807, 2.05) is 30.3 Å². The zero-order valence-electron chi connectivity index (χ0n) is 16.7. The molecule has 1 aliphatic rings. The van der Waals surface area contributed by atoms with Crippen LogP contribution in [0, 0.1) is 0 Å². The van der Waals surface area contributed by atoms with Crippen LogP contribution in [0.5, 0.6) is 5.75 Å². The largest absolute Gasteiger partial charge is 0.505 e. The molecule has 0 aliphatic carbocycles. The standard InChI is InChI=1S/C22H20N4O4S2/c27-19-18(21-24-15-8-4-5-9-17(15)32(29,30)25-21)22(28)26(16-11-13-31-20(16)19)23-12-10-14-6-2-1-3-7-14/h1-9,11,13,23,27,29-30H,10,12H2,(H,24,25). The van der Waals surface area contributed by atoms with Gasteiger partial charge in [0, 0.05) is 6.54 Å². The summed E-state index contributed by atoms with van der Waals surface area (Å²) in [5, 5.41) is 15.7. The summed E-state index contributed by atoms with van der Waals surface area (Å²) in [5.74, 6) is -0.331. The van der Waals surface area contributed by atoms with Crippen LogP contribution >= 0.6 is 22.1 Å². The summed E-state index contributed by atoms with van der Waals surface area (Å²) in [5.41, 5.74) is 4.56. The molecule has 164 valence electrons. The lowest BCUT2D eigenvalue weighted by Crippen LogP contribution is -2.36. The zero-order valence-corrected chi connectivity index (χ0v) is 18.4. The number of anilines is 1. The van der Waals surface area contributed by atoms with Crippen LogP contribution in [0.4, 0.5) is 5.69 Å². The molecule has 2 aromatic carbocycles. The first-order valence-electron chi connectivity index (χ1n) is 9.83. The number of fused-ring (bicyclic) bond motifs is 2. The molecule has 0 bridgehead atoms. The third-order valence-electron chi connectivity index (χ3n) is 5.17. The number of aromatic hydroxyl groups is 1. The maximum atomic E-state index is 13.4. The Morgan fingerprint density at radius 1 is 1.06 bits per heavy atom. The summed E-state index contributed by atoms with van der Waals surface area (Å²) in [6, 6.07) is 18.3. The highest BCUT2D eigenvalue weighted by Crippen LogP contribution is 2.55. The van der Waals surface area contributed by atoms with E-state index in [0.29, 0.717) is 28.9 Å². The Hall–Kier alpha value is -3.31. The van der Waals surface area contributed by atoms with Crippen LogP contribution in [0.25, 0.3) is 10.2 Å². The lowest BCUT2D eigenvalue weighted by molar-refractivity contribution is 0.479. The molecule has 0 amide bonds. The molecular formula is C22H20N4O4S2. The maximum Gasteiger partial charge on any atom is 0.284 e. The van der Waals surface area contributed by atoms with Gasteiger partial charge < -0.3 is 15.8 Å². The van der Waals surface area contributed by atoms with Gasteiger partial charge in [0.2, 0.25) is 0 Å². The van der Waals surface area contributed by atoms with E-state index in [0.717, 1.165) is 5.56 Å². The molecule has 0 fully saturated rings. The molecule has 2 aromatic heterocycles. The Morgan fingerprint density at radius 3 is 2.62 bits per heavy atom. The number of amidine groups is 1. The van der Waals surface area contributed by atoms with E-state index < -0.39 is 16.3 Å². The Morgan fingerprint density at radius 2 is 1.81 bits per heavy atom. The molecule has 0 saturated heterocycles. The molecule has 4 aromatic rings. The van der Waals surface area contributed by atoms with E-state index in [1.165, 1.54) is 16.0 Å². The van der Waals surface area contributed by atoms with Crippen molar-refractivity contribution < 1.29 is 14.2 Å². The van der Waals surface area contributed by atoms with Gasteiger partial charge >= 0.3 is 0 Å². The van der Waals surface area contributed by atoms with Gasteiger partial charge in [-0.2, -0.15) is 0 Å². The highest BCUT2D eigenvalue weighted by atomic mass is 32.3. The van der Waals surface area contributed by atoms with E-state index in [4.69, 9.17) is 0 Å². The summed E-state index contributed by atoms with van der Waals surface area (Å²) >= 11 is 1.28. The molecular weight excluding hydrogens is 448 g/mol. The van der Waals surface area contributed by atoms with Crippen molar-refractivity contribution in [2.75, 3.05) is 17.3 Å². The van der Waals surface area contributed by atoms with Gasteiger partial charge in [-0.1, -0.05) is 53.2 Å². The predicted molar refractivity (Wildman–Crippen MR) is 130 cm³/mol. The van der Waals surface area contributed by atoms with Gasteiger partial charge in [0.05, 0.1) is 15.9 Å². The zero-order chi connectivity index (χ0) is 22.3. The van der Waals surface area contributed by atoms with Crippen molar-refractivity contribution >= 4 is 43.9 Å². The third kappa shape index (κ3) is 3.53. The fourth-order valence-electron chi connectivity index (χ4n) is 3.66. The van der Waals surface area contributed by atoms with Crippen LogP contribution < -0.4 is 16.3 Å². The first-order chi connectivity index (χ1) is 15.5. The van der Waals surface area contributed by atoms with Crippen LogP contribution in [-0.4, -0.2) is 31.3 Å². The fourth-order valence-corrected chi connectivity index (χ4v) is 5.65. The van der Waals surface area contributed by atoms with Gasteiger partial charge in [0.15, 0.2) is 11.6 Å². The average molecular weight is 469 g/mol. The van der Waals surface area contributed by atoms with Crippen molar-refractivity contribution in [3.05, 3.63) is 87.5 Å². The molecule has 3 heterocycles. The molecule has 0 radical (unpaired) electrons. The first-order valence-corrected chi connectivity index (χ1v) is 12.2. The lowest BCUT2D eigenvalue weighted by Gasteiger charge is -2.34. The van der Waals surface area contributed by atoms with E-state index in [-0.39, 0.29) is 22.0 Å². The molecule has 5 N–H and O–H groups in total. The molecule has 0 spiro atoms. The molecule has 1 aliphatic heterocycles. The van der Waals surface area contributed by atoms with E-state index in [1.54, 1.807) is 35.7 Å². The monoisotopic (exact) mass is 468 g/mol. The highest BCUT2D eigenvalue weighted by molar-refractivity contribution is 8.23. The predicted octanol–water partition coefficient (Wildman–Crippen LogP) is 4.45. The minimum absolute atomic E-state index is 0.0832. The van der Waals surface area contributed by atoms with Gasteiger partial charge in [-0.05, 0) is 35.6 Å². The fraction of sp³-hybridized carbons (Fsp3) is 0.0909. The first kappa shape index (κ1) is 20.6. The number of rotatable bonds is 5. The molecule has 5 rings (SSSR count). The second-order valence-electron chi connectivity index (χ2n) is 7.22. The molecule has 0 atom stereocenters. The summed E-state index contributed by atoms with van der Waals surface area (Å²) in [7, 11) is -3.53. The van der Waals surface area contributed by atoms with Crippen molar-refractivity contribution in [2.45, 2.75) is 11.3 Å². The molecule has 0 unspecified atom stereocenters. The molecule has 10 heteroatoms. The van der Waals surface area contributed by atoms with Crippen molar-refractivity contribution in [2.24, 2.45) is 4.40 Å². The number of benzene rings is 2. The Bertz CT molecular complexity index is 1400. The van der Waals surface area contributed by atoms with Crippen LogP contribution in [0.3, 0.4) is 0 Å². The van der Waals surface area contributed by atoms with Crippen LogP contribution in [0.1, 0.15) is 11.1 Å². The van der Waals surface area contributed by atoms with Gasteiger partial charge in [-0.15, -0.1) is 15.7 Å². The van der Waals surface area contributed by atoms with Crippen LogP contribution in [-0.2, 0) is 6.42 Å². The minimum Gasteiger partial charge on any atom is -0.505 e. The SMILES string of the molecule is O=c1c(C2=NS(O)(O)c3ccccc3N2)c(O)c2sccc2n1NCCc1ccccc1. The number of hydrogen-bond donors (Lipinski definition) is 5. The number of thiophene rings is 1. The van der Waals surface area contributed by atoms with E-state index in [2.05, 4.69) is 15.1 Å². The van der Waals surface area contributed by atoms with Gasteiger partial charge in [-0.25, -0.2) is 4.68 Å². The maximum absolute atomic E-state index is 13.4. The van der Waals surface area contributed by atoms with Crippen molar-refractivity contribution in [3.8, 4) is 5.75 Å².